The molecule has 0 radical (unpaired) electrons. The molecule has 1 aliphatic heterocycles. The summed E-state index contributed by atoms with van der Waals surface area (Å²) in [6.07, 6.45) is 6.46. The van der Waals surface area contributed by atoms with Crippen LogP contribution in [0.3, 0.4) is 0 Å². The van der Waals surface area contributed by atoms with Crippen molar-refractivity contribution in [2.45, 2.75) is 39.0 Å². The monoisotopic (exact) mass is 381 g/mol. The number of likely N-dealkylation sites (tertiary alicyclic amines) is 1. The van der Waals surface area contributed by atoms with Gasteiger partial charge in [-0.2, -0.15) is 0 Å². The van der Waals surface area contributed by atoms with Crippen molar-refractivity contribution in [2.24, 2.45) is 10.4 Å². The number of halogens is 1. The van der Waals surface area contributed by atoms with E-state index in [0.29, 0.717) is 5.41 Å². The first-order chi connectivity index (χ1) is 8.79. The van der Waals surface area contributed by atoms with Gasteiger partial charge in [-0.25, -0.2) is 0 Å². The van der Waals surface area contributed by atoms with Crippen LogP contribution in [0.2, 0.25) is 0 Å². The maximum absolute atomic E-state index is 5.47. The Labute approximate surface area is 134 Å². The quantitative estimate of drug-likeness (QED) is 0.333. The molecule has 19 heavy (non-hydrogen) atoms. The average Bonchev–Trinajstić information content (AvgIpc) is 2.94. The molecule has 2 fully saturated rings. The fourth-order valence-electron chi connectivity index (χ4n) is 2.65. The molecule has 0 aromatic heterocycles. The van der Waals surface area contributed by atoms with Crippen LogP contribution in [0.5, 0.6) is 0 Å². The number of ether oxygens (including phenoxy) is 1. The second-order valence-electron chi connectivity index (χ2n) is 5.54. The van der Waals surface area contributed by atoms with E-state index in [1.807, 2.05) is 7.05 Å². The molecule has 1 aliphatic carbocycles. The minimum atomic E-state index is 0. The lowest BCUT2D eigenvalue weighted by molar-refractivity contribution is 0.128. The second-order valence-corrected chi connectivity index (χ2v) is 5.54. The van der Waals surface area contributed by atoms with Crippen LogP contribution in [0.4, 0.5) is 0 Å². The van der Waals surface area contributed by atoms with Crippen LogP contribution in [0, 0.1) is 5.41 Å². The Morgan fingerprint density at radius 1 is 1.32 bits per heavy atom. The molecule has 112 valence electrons. The molecular formula is C14H28IN3O. The van der Waals surface area contributed by atoms with Gasteiger partial charge < -0.3 is 15.0 Å². The molecule has 2 aliphatic rings. The molecule has 1 N–H and O–H groups in total. The molecule has 4 nitrogen and oxygen atoms in total. The van der Waals surface area contributed by atoms with Crippen molar-refractivity contribution >= 4 is 29.9 Å². The van der Waals surface area contributed by atoms with Crippen LogP contribution < -0.4 is 5.32 Å². The molecule has 0 aromatic rings. The van der Waals surface area contributed by atoms with E-state index < -0.39 is 0 Å². The van der Waals surface area contributed by atoms with Gasteiger partial charge in [-0.05, 0) is 44.4 Å². The van der Waals surface area contributed by atoms with Gasteiger partial charge in [0.05, 0.1) is 0 Å². The summed E-state index contributed by atoms with van der Waals surface area (Å²) < 4.78 is 5.47. The summed E-state index contributed by atoms with van der Waals surface area (Å²) in [6.45, 7) is 7.17. The Kier molecular flexibility index (Phi) is 7.42. The molecule has 0 spiro atoms. The average molecular weight is 381 g/mol. The zero-order valence-corrected chi connectivity index (χ0v) is 14.6. The highest BCUT2D eigenvalue weighted by Gasteiger charge is 2.42. The van der Waals surface area contributed by atoms with Gasteiger partial charge in [-0.1, -0.05) is 0 Å². The number of hydrogen-bond acceptors (Lipinski definition) is 2. The smallest absolute Gasteiger partial charge is 0.193 e. The van der Waals surface area contributed by atoms with Crippen molar-refractivity contribution < 1.29 is 4.74 Å². The van der Waals surface area contributed by atoms with Crippen molar-refractivity contribution in [1.29, 1.82) is 0 Å². The standard InChI is InChI=1S/C14H27N3O.HI/c1-3-18-11-8-14(6-7-14)12-16-13(15-2)17-9-4-5-10-17;/h3-12H2,1-2H3,(H,15,16);1H. The normalized spacial score (nSPS) is 21.2. The molecule has 0 unspecified atom stereocenters. The van der Waals surface area contributed by atoms with Gasteiger partial charge in [-0.15, -0.1) is 24.0 Å². The van der Waals surface area contributed by atoms with Crippen LogP contribution in [0.25, 0.3) is 0 Å². The number of rotatable bonds is 6. The lowest BCUT2D eigenvalue weighted by atomic mass is 10.0. The molecule has 0 aromatic carbocycles. The number of aliphatic imine (C=N–C) groups is 1. The first-order valence-electron chi connectivity index (χ1n) is 7.33. The van der Waals surface area contributed by atoms with Gasteiger partial charge in [0.25, 0.3) is 0 Å². The minimum Gasteiger partial charge on any atom is -0.382 e. The van der Waals surface area contributed by atoms with Gasteiger partial charge in [0.1, 0.15) is 0 Å². The fraction of sp³-hybridized carbons (Fsp3) is 0.929. The Bertz CT molecular complexity index is 286. The van der Waals surface area contributed by atoms with Crippen LogP contribution in [-0.2, 0) is 4.74 Å². The highest BCUT2D eigenvalue weighted by atomic mass is 127. The topological polar surface area (TPSA) is 36.9 Å². The Morgan fingerprint density at radius 3 is 2.53 bits per heavy atom. The van der Waals surface area contributed by atoms with Gasteiger partial charge >= 0.3 is 0 Å². The molecule has 1 heterocycles. The van der Waals surface area contributed by atoms with Crippen LogP contribution in [0.1, 0.15) is 39.0 Å². The molecule has 0 bridgehead atoms. The summed E-state index contributed by atoms with van der Waals surface area (Å²) in [5, 5.41) is 3.56. The van der Waals surface area contributed by atoms with Gasteiger partial charge in [0.2, 0.25) is 0 Å². The first-order valence-corrected chi connectivity index (χ1v) is 7.33. The predicted molar refractivity (Wildman–Crippen MR) is 90.4 cm³/mol. The number of hydrogen-bond donors (Lipinski definition) is 1. The van der Waals surface area contributed by atoms with E-state index in [1.54, 1.807) is 0 Å². The highest BCUT2D eigenvalue weighted by Crippen LogP contribution is 2.48. The molecule has 1 saturated carbocycles. The Balaban J connectivity index is 0.00000180. The molecule has 0 amide bonds. The third-order valence-corrected chi connectivity index (χ3v) is 4.18. The summed E-state index contributed by atoms with van der Waals surface area (Å²) in [6, 6.07) is 0. The van der Waals surface area contributed by atoms with E-state index in [9.17, 15) is 0 Å². The van der Waals surface area contributed by atoms with E-state index in [2.05, 4.69) is 22.1 Å². The van der Waals surface area contributed by atoms with Crippen molar-refractivity contribution in [2.75, 3.05) is 39.9 Å². The van der Waals surface area contributed by atoms with Crippen molar-refractivity contribution in [3.8, 4) is 0 Å². The Morgan fingerprint density at radius 2 is 2.00 bits per heavy atom. The SMILES string of the molecule is CCOCCC1(CNC(=NC)N2CCCC2)CC1.I. The van der Waals surface area contributed by atoms with Crippen LogP contribution in [-0.4, -0.2) is 50.8 Å². The summed E-state index contributed by atoms with van der Waals surface area (Å²) in [5.74, 6) is 1.09. The summed E-state index contributed by atoms with van der Waals surface area (Å²) in [5.41, 5.74) is 0.491. The largest absolute Gasteiger partial charge is 0.382 e. The predicted octanol–water partition coefficient (Wildman–Crippen LogP) is 2.48. The number of nitrogens with one attached hydrogen (secondary N) is 1. The zero-order chi connectivity index (χ0) is 12.8. The highest BCUT2D eigenvalue weighted by molar-refractivity contribution is 14.0. The lowest BCUT2D eigenvalue weighted by Gasteiger charge is -2.23. The van der Waals surface area contributed by atoms with Crippen molar-refractivity contribution in [3.05, 3.63) is 0 Å². The summed E-state index contributed by atoms with van der Waals surface area (Å²) in [4.78, 5) is 6.77. The zero-order valence-electron chi connectivity index (χ0n) is 12.3. The molecule has 1 saturated heterocycles. The molecule has 0 atom stereocenters. The Hall–Kier alpha value is -0.0400. The van der Waals surface area contributed by atoms with Crippen molar-refractivity contribution in [1.82, 2.24) is 10.2 Å². The van der Waals surface area contributed by atoms with E-state index in [-0.39, 0.29) is 24.0 Å². The van der Waals surface area contributed by atoms with Crippen LogP contribution in [0.15, 0.2) is 4.99 Å². The van der Waals surface area contributed by atoms with E-state index in [1.165, 1.54) is 32.1 Å². The third-order valence-electron chi connectivity index (χ3n) is 4.18. The van der Waals surface area contributed by atoms with E-state index in [0.717, 1.165) is 38.8 Å². The lowest BCUT2D eigenvalue weighted by Crippen LogP contribution is -2.42. The molecule has 5 heteroatoms. The van der Waals surface area contributed by atoms with Gasteiger partial charge in [-0.3, -0.25) is 4.99 Å². The van der Waals surface area contributed by atoms with E-state index in [4.69, 9.17) is 4.74 Å². The molecular weight excluding hydrogens is 353 g/mol. The maximum Gasteiger partial charge on any atom is 0.193 e. The minimum absolute atomic E-state index is 0. The van der Waals surface area contributed by atoms with Gasteiger partial charge in [0, 0.05) is 39.9 Å². The van der Waals surface area contributed by atoms with E-state index >= 15 is 0 Å². The van der Waals surface area contributed by atoms with Crippen molar-refractivity contribution in [3.63, 3.8) is 0 Å². The first kappa shape index (κ1) is 17.0. The third kappa shape index (κ3) is 5.10. The maximum atomic E-state index is 5.47. The van der Waals surface area contributed by atoms with Crippen LogP contribution >= 0.6 is 24.0 Å². The summed E-state index contributed by atoms with van der Waals surface area (Å²) >= 11 is 0. The number of nitrogens with zero attached hydrogens (tertiary/aromatic N) is 2. The second kappa shape index (κ2) is 8.29. The molecule has 2 rings (SSSR count). The van der Waals surface area contributed by atoms with Gasteiger partial charge in [0.15, 0.2) is 5.96 Å². The number of guanidine groups is 1. The fourth-order valence-corrected chi connectivity index (χ4v) is 2.65. The summed E-state index contributed by atoms with van der Waals surface area (Å²) in [7, 11) is 1.89.